The predicted molar refractivity (Wildman–Crippen MR) is 105 cm³/mol. The molecule has 0 aliphatic carbocycles. The van der Waals surface area contributed by atoms with Crippen molar-refractivity contribution in [2.24, 2.45) is 0 Å². The lowest BCUT2D eigenvalue weighted by Gasteiger charge is -2.20. The molecule has 0 heterocycles. The number of rotatable bonds is 22. The van der Waals surface area contributed by atoms with Crippen molar-refractivity contribution in [1.82, 2.24) is 0 Å². The summed E-state index contributed by atoms with van der Waals surface area (Å²) < 4.78 is 37.7. The Labute approximate surface area is 165 Å². The van der Waals surface area contributed by atoms with E-state index >= 15 is 0 Å². The molecule has 0 aromatic rings. The molecule has 0 aliphatic rings. The quantitative estimate of drug-likeness (QED) is 0.214. The third kappa shape index (κ3) is 20.7. The van der Waals surface area contributed by atoms with Crippen LogP contribution in [0.4, 0.5) is 0 Å². The van der Waals surface area contributed by atoms with E-state index in [1.54, 1.807) is 0 Å². The van der Waals surface area contributed by atoms with Gasteiger partial charge in [0.25, 0.3) is 0 Å². The fourth-order valence-electron chi connectivity index (χ4n) is 1.90. The lowest BCUT2D eigenvalue weighted by molar-refractivity contribution is 0.00414. The van der Waals surface area contributed by atoms with E-state index < -0.39 is 8.60 Å². The highest BCUT2D eigenvalue weighted by atomic mass is 31.2. The number of hydrogen-bond acceptors (Lipinski definition) is 8. The minimum Gasteiger partial charge on any atom is -0.379 e. The van der Waals surface area contributed by atoms with Crippen LogP contribution in [0.25, 0.3) is 0 Å². The molecule has 0 saturated carbocycles. The Morgan fingerprint density at radius 2 is 1.30 bits per heavy atom. The van der Waals surface area contributed by atoms with Crippen molar-refractivity contribution in [3.8, 4) is 0 Å². The molecule has 0 aliphatic heterocycles. The minimum absolute atomic E-state index is 0.267. The summed E-state index contributed by atoms with van der Waals surface area (Å²) >= 11 is 0. The van der Waals surface area contributed by atoms with Crippen LogP contribution in [0.2, 0.25) is 0 Å². The first kappa shape index (κ1) is 27.1. The fourth-order valence-corrected chi connectivity index (χ4v) is 2.61. The molecular formula is C18H39O8P. The average molecular weight is 414 g/mol. The molecule has 2 unspecified atom stereocenters. The largest absolute Gasteiger partial charge is 0.379 e. The Bertz CT molecular complexity index is 286. The van der Waals surface area contributed by atoms with Crippen molar-refractivity contribution in [2.75, 3.05) is 72.7 Å². The van der Waals surface area contributed by atoms with Crippen molar-refractivity contribution in [1.29, 1.82) is 0 Å². The van der Waals surface area contributed by atoms with E-state index in [4.69, 9.17) is 32.7 Å². The first-order valence-corrected chi connectivity index (χ1v) is 11.0. The van der Waals surface area contributed by atoms with E-state index in [1.165, 1.54) is 0 Å². The van der Waals surface area contributed by atoms with Crippen molar-refractivity contribution in [2.45, 2.75) is 46.1 Å². The molecule has 2 atom stereocenters. The Morgan fingerprint density at radius 1 is 0.704 bits per heavy atom. The zero-order valence-electron chi connectivity index (χ0n) is 17.2. The molecule has 0 bridgehead atoms. The van der Waals surface area contributed by atoms with Crippen molar-refractivity contribution in [3.05, 3.63) is 0 Å². The van der Waals surface area contributed by atoms with Gasteiger partial charge in [-0.15, -0.1) is 0 Å². The van der Waals surface area contributed by atoms with Crippen LogP contribution in [-0.4, -0.2) is 83.7 Å². The monoisotopic (exact) mass is 414 g/mol. The van der Waals surface area contributed by atoms with Gasteiger partial charge in [0, 0.05) is 26.4 Å². The first-order chi connectivity index (χ1) is 13.2. The smallest absolute Gasteiger partial charge is 0.330 e. The standard InChI is InChI=1S/C18H39O8P/c1-4-7-9-22-13-14-24-15-16-25-27(19)26-18(17-21-6-3)8-10-23-12-11-20-5-2/h18-19H,4-17H2,1-3H3. The fraction of sp³-hybridized carbons (Fsp3) is 1.00. The molecule has 0 rings (SSSR count). The van der Waals surface area contributed by atoms with Crippen molar-refractivity contribution >= 4 is 8.60 Å². The highest BCUT2D eigenvalue weighted by molar-refractivity contribution is 7.40. The summed E-state index contributed by atoms with van der Waals surface area (Å²) in [5.74, 6) is 0. The maximum absolute atomic E-state index is 9.92. The highest BCUT2D eigenvalue weighted by Crippen LogP contribution is 2.35. The minimum atomic E-state index is -1.97. The molecule has 9 heteroatoms. The molecule has 8 nitrogen and oxygen atoms in total. The van der Waals surface area contributed by atoms with Gasteiger partial charge in [0.05, 0.1) is 52.4 Å². The molecule has 0 amide bonds. The molecule has 0 aromatic carbocycles. The number of ether oxygens (including phenoxy) is 5. The van der Waals surface area contributed by atoms with E-state index in [1.807, 2.05) is 13.8 Å². The van der Waals surface area contributed by atoms with E-state index in [0.29, 0.717) is 65.9 Å². The molecular weight excluding hydrogens is 375 g/mol. The summed E-state index contributed by atoms with van der Waals surface area (Å²) in [5, 5.41) is 0. The summed E-state index contributed by atoms with van der Waals surface area (Å²) in [7, 11) is -1.97. The van der Waals surface area contributed by atoms with Gasteiger partial charge in [0.1, 0.15) is 0 Å². The molecule has 0 fully saturated rings. The molecule has 0 spiro atoms. The van der Waals surface area contributed by atoms with E-state index in [2.05, 4.69) is 6.92 Å². The summed E-state index contributed by atoms with van der Waals surface area (Å²) in [6.07, 6.45) is 2.52. The van der Waals surface area contributed by atoms with Crippen LogP contribution in [0.3, 0.4) is 0 Å². The second-order valence-electron chi connectivity index (χ2n) is 5.63. The zero-order chi connectivity index (χ0) is 20.0. The summed E-state index contributed by atoms with van der Waals surface area (Å²) in [5.41, 5.74) is 0. The number of hydrogen-bond donors (Lipinski definition) is 1. The van der Waals surface area contributed by atoms with Gasteiger partial charge in [-0.1, -0.05) is 13.3 Å². The van der Waals surface area contributed by atoms with E-state index in [-0.39, 0.29) is 12.7 Å². The van der Waals surface area contributed by atoms with Gasteiger partial charge in [-0.2, -0.15) is 0 Å². The van der Waals surface area contributed by atoms with Gasteiger partial charge >= 0.3 is 8.60 Å². The second kappa shape index (κ2) is 22.4. The van der Waals surface area contributed by atoms with Gasteiger partial charge in [-0.25, -0.2) is 0 Å². The average Bonchev–Trinajstić information content (AvgIpc) is 2.67. The van der Waals surface area contributed by atoms with Crippen LogP contribution >= 0.6 is 8.60 Å². The van der Waals surface area contributed by atoms with Gasteiger partial charge in [-0.05, 0) is 26.7 Å². The molecule has 27 heavy (non-hydrogen) atoms. The van der Waals surface area contributed by atoms with Gasteiger partial charge in [-0.3, -0.25) is 0 Å². The van der Waals surface area contributed by atoms with Gasteiger partial charge in [0.15, 0.2) is 0 Å². The van der Waals surface area contributed by atoms with Crippen LogP contribution < -0.4 is 0 Å². The van der Waals surface area contributed by atoms with E-state index in [0.717, 1.165) is 19.4 Å². The maximum atomic E-state index is 9.92. The lowest BCUT2D eigenvalue weighted by atomic mass is 10.3. The SMILES string of the molecule is CCCCOCCOCCOP(O)OC(CCOCCOCC)COCC. The third-order valence-corrected chi connectivity index (χ3v) is 4.23. The van der Waals surface area contributed by atoms with Crippen molar-refractivity contribution in [3.63, 3.8) is 0 Å². The summed E-state index contributed by atoms with van der Waals surface area (Å²) in [4.78, 5) is 9.92. The molecule has 164 valence electrons. The molecule has 0 aromatic heterocycles. The normalized spacial score (nSPS) is 13.8. The molecule has 1 N–H and O–H groups in total. The van der Waals surface area contributed by atoms with Crippen LogP contribution in [0.5, 0.6) is 0 Å². The predicted octanol–water partition coefficient (Wildman–Crippen LogP) is 2.92. The maximum Gasteiger partial charge on any atom is 0.330 e. The van der Waals surface area contributed by atoms with Crippen LogP contribution in [0, 0.1) is 0 Å². The van der Waals surface area contributed by atoms with Crippen LogP contribution in [0.15, 0.2) is 0 Å². The van der Waals surface area contributed by atoms with Gasteiger partial charge in [0.2, 0.25) is 0 Å². The topological polar surface area (TPSA) is 84.8 Å². The zero-order valence-corrected chi connectivity index (χ0v) is 18.1. The van der Waals surface area contributed by atoms with Crippen molar-refractivity contribution < 1.29 is 37.6 Å². The highest BCUT2D eigenvalue weighted by Gasteiger charge is 2.17. The van der Waals surface area contributed by atoms with Crippen LogP contribution in [0.1, 0.15) is 40.0 Å². The third-order valence-electron chi connectivity index (χ3n) is 3.35. The number of unbranched alkanes of at least 4 members (excludes halogenated alkanes) is 1. The van der Waals surface area contributed by atoms with E-state index in [9.17, 15) is 4.89 Å². The Kier molecular flexibility index (Phi) is 22.5. The second-order valence-corrected chi connectivity index (χ2v) is 6.58. The summed E-state index contributed by atoms with van der Waals surface area (Å²) in [6, 6.07) is 0. The lowest BCUT2D eigenvalue weighted by Crippen LogP contribution is -2.21. The molecule has 0 radical (unpaired) electrons. The van der Waals surface area contributed by atoms with Gasteiger partial charge < -0.3 is 37.6 Å². The van der Waals surface area contributed by atoms with Crippen LogP contribution in [-0.2, 0) is 32.7 Å². The Hall–Kier alpha value is 0.110. The first-order valence-electron chi connectivity index (χ1n) is 9.91. The Morgan fingerprint density at radius 3 is 1.96 bits per heavy atom. The summed E-state index contributed by atoms with van der Waals surface area (Å²) in [6.45, 7) is 11.8. The molecule has 0 saturated heterocycles. The Balaban J connectivity index is 3.70.